The number of hydrogen-bond donors (Lipinski definition) is 1. The minimum Gasteiger partial charge on any atom is -0.310 e. The van der Waals surface area contributed by atoms with Crippen LogP contribution in [0.4, 0.5) is 0 Å². The van der Waals surface area contributed by atoms with E-state index in [2.05, 4.69) is 49.5 Å². The Balaban J connectivity index is 2.60. The standard InChI is InChI=1S/C13H26N4/c1-5-8-17-11-12(10-15-17)13(14-6-2)7-9-16(3)4/h10-11,13-14H,5-9H2,1-4H3. The van der Waals surface area contributed by atoms with Crippen LogP contribution in [0.1, 0.15) is 38.3 Å². The molecule has 1 heterocycles. The van der Waals surface area contributed by atoms with Gasteiger partial charge in [-0.2, -0.15) is 5.10 Å². The summed E-state index contributed by atoms with van der Waals surface area (Å²) < 4.78 is 2.04. The first-order valence-electron chi connectivity index (χ1n) is 6.57. The largest absolute Gasteiger partial charge is 0.310 e. The molecule has 4 nitrogen and oxygen atoms in total. The van der Waals surface area contributed by atoms with Crippen LogP contribution in [-0.4, -0.2) is 41.9 Å². The molecule has 4 heteroatoms. The predicted octanol–water partition coefficient (Wildman–Crippen LogP) is 1.90. The molecule has 0 saturated heterocycles. The first-order valence-corrected chi connectivity index (χ1v) is 6.57. The number of hydrogen-bond acceptors (Lipinski definition) is 3. The molecule has 0 amide bonds. The number of aromatic nitrogens is 2. The molecule has 1 atom stereocenters. The molecule has 0 aromatic carbocycles. The second-order valence-electron chi connectivity index (χ2n) is 4.74. The average Bonchev–Trinajstić information content (AvgIpc) is 2.73. The minimum atomic E-state index is 0.424. The zero-order chi connectivity index (χ0) is 12.7. The molecule has 17 heavy (non-hydrogen) atoms. The van der Waals surface area contributed by atoms with Crippen LogP contribution in [0.15, 0.2) is 12.4 Å². The molecule has 0 aliphatic heterocycles. The maximum atomic E-state index is 4.40. The molecule has 98 valence electrons. The number of rotatable bonds is 8. The fourth-order valence-electron chi connectivity index (χ4n) is 1.93. The van der Waals surface area contributed by atoms with E-state index in [0.717, 1.165) is 32.5 Å². The van der Waals surface area contributed by atoms with E-state index in [1.807, 2.05) is 10.9 Å². The van der Waals surface area contributed by atoms with Crippen molar-refractivity contribution in [3.05, 3.63) is 18.0 Å². The summed E-state index contributed by atoms with van der Waals surface area (Å²) in [6.07, 6.45) is 6.43. The van der Waals surface area contributed by atoms with E-state index in [4.69, 9.17) is 0 Å². The van der Waals surface area contributed by atoms with Crippen molar-refractivity contribution in [3.63, 3.8) is 0 Å². The molecular weight excluding hydrogens is 212 g/mol. The molecule has 0 aliphatic carbocycles. The van der Waals surface area contributed by atoms with Crippen LogP contribution >= 0.6 is 0 Å². The summed E-state index contributed by atoms with van der Waals surface area (Å²) in [4.78, 5) is 2.22. The lowest BCUT2D eigenvalue weighted by molar-refractivity contribution is 0.363. The predicted molar refractivity (Wildman–Crippen MR) is 72.1 cm³/mol. The SMILES string of the molecule is CCCn1cc(C(CCN(C)C)NCC)cn1. The van der Waals surface area contributed by atoms with Crippen molar-refractivity contribution in [1.82, 2.24) is 20.0 Å². The summed E-state index contributed by atoms with van der Waals surface area (Å²) in [6.45, 7) is 7.43. The Labute approximate surface area is 105 Å². The Hall–Kier alpha value is -0.870. The fourth-order valence-corrected chi connectivity index (χ4v) is 1.93. The molecule has 0 bridgehead atoms. The monoisotopic (exact) mass is 238 g/mol. The van der Waals surface area contributed by atoms with Crippen LogP contribution in [0.2, 0.25) is 0 Å². The van der Waals surface area contributed by atoms with E-state index >= 15 is 0 Å². The topological polar surface area (TPSA) is 33.1 Å². The van der Waals surface area contributed by atoms with Gasteiger partial charge >= 0.3 is 0 Å². The molecule has 0 saturated carbocycles. The molecule has 1 aromatic rings. The fraction of sp³-hybridized carbons (Fsp3) is 0.769. The maximum Gasteiger partial charge on any atom is 0.0537 e. The van der Waals surface area contributed by atoms with Gasteiger partial charge in [0.1, 0.15) is 0 Å². The molecule has 1 N–H and O–H groups in total. The number of nitrogens with one attached hydrogen (secondary N) is 1. The van der Waals surface area contributed by atoms with Gasteiger partial charge in [0.2, 0.25) is 0 Å². The molecule has 1 rings (SSSR count). The quantitative estimate of drug-likeness (QED) is 0.751. The van der Waals surface area contributed by atoms with Crippen molar-refractivity contribution in [2.24, 2.45) is 0 Å². The molecule has 0 fully saturated rings. The van der Waals surface area contributed by atoms with E-state index in [9.17, 15) is 0 Å². The average molecular weight is 238 g/mol. The Bertz CT molecular complexity index is 306. The highest BCUT2D eigenvalue weighted by molar-refractivity contribution is 5.10. The normalized spacial score (nSPS) is 13.2. The second kappa shape index (κ2) is 7.45. The minimum absolute atomic E-state index is 0.424. The van der Waals surface area contributed by atoms with Gasteiger partial charge in [0.15, 0.2) is 0 Å². The highest BCUT2D eigenvalue weighted by Crippen LogP contribution is 2.16. The van der Waals surface area contributed by atoms with Gasteiger partial charge < -0.3 is 10.2 Å². The van der Waals surface area contributed by atoms with Crippen molar-refractivity contribution < 1.29 is 0 Å². The zero-order valence-electron chi connectivity index (χ0n) is 11.6. The maximum absolute atomic E-state index is 4.40. The summed E-state index contributed by atoms with van der Waals surface area (Å²) in [5.41, 5.74) is 1.31. The second-order valence-corrected chi connectivity index (χ2v) is 4.74. The molecular formula is C13H26N4. The van der Waals surface area contributed by atoms with Crippen molar-refractivity contribution in [3.8, 4) is 0 Å². The molecule has 1 aromatic heterocycles. The Morgan fingerprint density at radius 2 is 2.18 bits per heavy atom. The van der Waals surface area contributed by atoms with Gasteiger partial charge in [-0.05, 0) is 40.0 Å². The van der Waals surface area contributed by atoms with E-state index in [1.54, 1.807) is 0 Å². The first kappa shape index (κ1) is 14.2. The number of nitrogens with zero attached hydrogens (tertiary/aromatic N) is 3. The van der Waals surface area contributed by atoms with E-state index in [-0.39, 0.29) is 0 Å². The van der Waals surface area contributed by atoms with Gasteiger partial charge in [0.05, 0.1) is 6.20 Å². The third-order valence-electron chi connectivity index (χ3n) is 2.82. The number of aryl methyl sites for hydroxylation is 1. The zero-order valence-corrected chi connectivity index (χ0v) is 11.6. The van der Waals surface area contributed by atoms with Crippen LogP contribution < -0.4 is 5.32 Å². The van der Waals surface area contributed by atoms with Gasteiger partial charge in [-0.15, -0.1) is 0 Å². The lowest BCUT2D eigenvalue weighted by atomic mass is 10.1. The van der Waals surface area contributed by atoms with E-state index in [0.29, 0.717) is 6.04 Å². The Morgan fingerprint density at radius 1 is 1.41 bits per heavy atom. The van der Waals surface area contributed by atoms with Gasteiger partial charge in [0.25, 0.3) is 0 Å². The van der Waals surface area contributed by atoms with Crippen LogP contribution in [-0.2, 0) is 6.54 Å². The highest BCUT2D eigenvalue weighted by Gasteiger charge is 2.12. The van der Waals surface area contributed by atoms with Crippen molar-refractivity contribution in [2.75, 3.05) is 27.2 Å². The Morgan fingerprint density at radius 3 is 2.76 bits per heavy atom. The summed E-state index contributed by atoms with van der Waals surface area (Å²) in [6, 6.07) is 0.424. The lowest BCUT2D eigenvalue weighted by Gasteiger charge is -2.18. The van der Waals surface area contributed by atoms with E-state index < -0.39 is 0 Å². The van der Waals surface area contributed by atoms with Gasteiger partial charge in [-0.1, -0.05) is 13.8 Å². The van der Waals surface area contributed by atoms with Crippen molar-refractivity contribution in [1.29, 1.82) is 0 Å². The summed E-state index contributed by atoms with van der Waals surface area (Å²) >= 11 is 0. The molecule has 0 radical (unpaired) electrons. The highest BCUT2D eigenvalue weighted by atomic mass is 15.3. The van der Waals surface area contributed by atoms with Crippen LogP contribution in [0.25, 0.3) is 0 Å². The van der Waals surface area contributed by atoms with E-state index in [1.165, 1.54) is 5.56 Å². The molecule has 0 aliphatic rings. The van der Waals surface area contributed by atoms with Crippen molar-refractivity contribution in [2.45, 2.75) is 39.3 Å². The van der Waals surface area contributed by atoms with Gasteiger partial charge in [-0.25, -0.2) is 0 Å². The lowest BCUT2D eigenvalue weighted by Crippen LogP contribution is -2.25. The van der Waals surface area contributed by atoms with Crippen LogP contribution in [0.3, 0.4) is 0 Å². The van der Waals surface area contributed by atoms with Crippen molar-refractivity contribution >= 4 is 0 Å². The Kier molecular flexibility index (Phi) is 6.22. The van der Waals surface area contributed by atoms with Crippen LogP contribution in [0.5, 0.6) is 0 Å². The third-order valence-corrected chi connectivity index (χ3v) is 2.82. The van der Waals surface area contributed by atoms with Gasteiger partial charge in [0, 0.05) is 24.3 Å². The summed E-state index contributed by atoms with van der Waals surface area (Å²) in [7, 11) is 4.23. The molecule has 1 unspecified atom stereocenters. The summed E-state index contributed by atoms with van der Waals surface area (Å²) in [5, 5.41) is 7.93. The summed E-state index contributed by atoms with van der Waals surface area (Å²) in [5.74, 6) is 0. The third kappa shape index (κ3) is 4.88. The van der Waals surface area contributed by atoms with Gasteiger partial charge in [-0.3, -0.25) is 4.68 Å². The first-order chi connectivity index (χ1) is 8.17. The molecule has 0 spiro atoms. The van der Waals surface area contributed by atoms with Crippen LogP contribution in [0, 0.1) is 0 Å². The smallest absolute Gasteiger partial charge is 0.0537 e.